The maximum atomic E-state index is 11.8. The van der Waals surface area contributed by atoms with Crippen LogP contribution in [0.2, 0.25) is 5.02 Å². The van der Waals surface area contributed by atoms with Crippen molar-refractivity contribution < 1.29 is 19.0 Å². The standard InChI is InChI=1S/C27H19ClN2O4/c1-32-18-6-2-15(3-7-18)19-12-22(16-4-8-25-23(10-16)29-26(31)14-34-25)30-27-20-11-17(28)5-9-24(20)33-13-21(19)27/h2-12H,13-14H2,1H3,(H,29,31). The first kappa shape index (κ1) is 20.6. The molecule has 6 nitrogen and oxygen atoms in total. The van der Waals surface area contributed by atoms with Gasteiger partial charge < -0.3 is 19.5 Å². The van der Waals surface area contributed by atoms with Crippen molar-refractivity contribution in [2.75, 3.05) is 19.0 Å². The number of aromatic nitrogens is 1. The third-order valence-corrected chi connectivity index (χ3v) is 6.24. The highest BCUT2D eigenvalue weighted by Gasteiger charge is 2.25. The summed E-state index contributed by atoms with van der Waals surface area (Å²) in [7, 11) is 1.65. The van der Waals surface area contributed by atoms with Gasteiger partial charge in [-0.3, -0.25) is 4.79 Å². The lowest BCUT2D eigenvalue weighted by molar-refractivity contribution is -0.118. The number of nitrogens with one attached hydrogen (secondary N) is 1. The first-order valence-corrected chi connectivity index (χ1v) is 11.1. The second kappa shape index (κ2) is 8.08. The Bertz CT molecular complexity index is 1450. The molecule has 4 aromatic rings. The Morgan fingerprint density at radius 1 is 0.882 bits per heavy atom. The number of hydrogen-bond donors (Lipinski definition) is 1. The predicted octanol–water partition coefficient (Wildman–Crippen LogP) is 5.97. The predicted molar refractivity (Wildman–Crippen MR) is 131 cm³/mol. The zero-order valence-corrected chi connectivity index (χ0v) is 19.0. The number of hydrogen-bond acceptors (Lipinski definition) is 5. The number of ether oxygens (including phenoxy) is 3. The largest absolute Gasteiger partial charge is 0.497 e. The quantitative estimate of drug-likeness (QED) is 0.399. The van der Waals surface area contributed by atoms with Gasteiger partial charge in [0.25, 0.3) is 5.91 Å². The van der Waals surface area contributed by atoms with Crippen molar-refractivity contribution in [3.8, 4) is 50.9 Å². The van der Waals surface area contributed by atoms with Crippen LogP contribution >= 0.6 is 11.6 Å². The van der Waals surface area contributed by atoms with Gasteiger partial charge >= 0.3 is 0 Å². The molecule has 0 radical (unpaired) electrons. The average Bonchev–Trinajstić information content (AvgIpc) is 2.87. The van der Waals surface area contributed by atoms with Crippen LogP contribution in [0, 0.1) is 0 Å². The molecule has 7 heteroatoms. The van der Waals surface area contributed by atoms with E-state index in [9.17, 15) is 4.79 Å². The number of fused-ring (bicyclic) bond motifs is 4. The fourth-order valence-electron chi connectivity index (χ4n) is 4.32. The van der Waals surface area contributed by atoms with E-state index in [0.29, 0.717) is 23.1 Å². The molecule has 0 aliphatic carbocycles. The molecule has 0 unspecified atom stereocenters. The summed E-state index contributed by atoms with van der Waals surface area (Å²) in [5.41, 5.74) is 6.93. The van der Waals surface area contributed by atoms with Gasteiger partial charge in [0.1, 0.15) is 23.9 Å². The molecule has 0 atom stereocenters. The number of benzene rings is 3. The molecule has 6 rings (SSSR count). The lowest BCUT2D eigenvalue weighted by atomic mass is 9.92. The Morgan fingerprint density at radius 3 is 2.47 bits per heavy atom. The summed E-state index contributed by atoms with van der Waals surface area (Å²) >= 11 is 6.33. The summed E-state index contributed by atoms with van der Waals surface area (Å²) in [5.74, 6) is 1.99. The van der Waals surface area contributed by atoms with Crippen LogP contribution in [0.25, 0.3) is 33.6 Å². The van der Waals surface area contributed by atoms with Crippen LogP contribution in [0.15, 0.2) is 66.7 Å². The Balaban J connectivity index is 1.57. The van der Waals surface area contributed by atoms with Crippen molar-refractivity contribution in [2.24, 2.45) is 0 Å². The Kier molecular flexibility index (Phi) is 4.89. The van der Waals surface area contributed by atoms with Gasteiger partial charge in [-0.25, -0.2) is 4.98 Å². The SMILES string of the molecule is COc1ccc(-c2cc(-c3ccc4c(c3)NC(=O)CO4)nc3c2COc2ccc(Cl)cc2-3)cc1. The number of carbonyl (C=O) groups is 1. The first-order valence-electron chi connectivity index (χ1n) is 10.8. The van der Waals surface area contributed by atoms with Crippen molar-refractivity contribution in [2.45, 2.75) is 6.61 Å². The topological polar surface area (TPSA) is 69.7 Å². The summed E-state index contributed by atoms with van der Waals surface area (Å²) in [6.07, 6.45) is 0. The van der Waals surface area contributed by atoms with Crippen LogP contribution in [0.5, 0.6) is 17.2 Å². The number of nitrogens with zero attached hydrogens (tertiary/aromatic N) is 1. The van der Waals surface area contributed by atoms with E-state index >= 15 is 0 Å². The Labute approximate surface area is 201 Å². The third kappa shape index (κ3) is 3.53. The molecule has 0 spiro atoms. The molecule has 1 aromatic heterocycles. The monoisotopic (exact) mass is 470 g/mol. The molecule has 168 valence electrons. The summed E-state index contributed by atoms with van der Waals surface area (Å²) < 4.78 is 16.9. The molecule has 0 fully saturated rings. The molecular formula is C27H19ClN2O4. The minimum atomic E-state index is -0.178. The zero-order chi connectivity index (χ0) is 23.2. The minimum Gasteiger partial charge on any atom is -0.497 e. The van der Waals surface area contributed by atoms with E-state index < -0.39 is 0 Å². The highest BCUT2D eigenvalue weighted by Crippen LogP contribution is 2.44. The number of anilines is 1. The number of rotatable bonds is 3. The van der Waals surface area contributed by atoms with Crippen molar-refractivity contribution in [3.05, 3.63) is 77.3 Å². The smallest absolute Gasteiger partial charge is 0.262 e. The molecule has 0 bridgehead atoms. The van der Waals surface area contributed by atoms with Crippen molar-refractivity contribution in [1.82, 2.24) is 4.98 Å². The van der Waals surface area contributed by atoms with Crippen molar-refractivity contribution in [1.29, 1.82) is 0 Å². The highest BCUT2D eigenvalue weighted by atomic mass is 35.5. The average molecular weight is 471 g/mol. The minimum absolute atomic E-state index is 0.0165. The zero-order valence-electron chi connectivity index (χ0n) is 18.2. The van der Waals surface area contributed by atoms with Gasteiger partial charge in [0, 0.05) is 21.7 Å². The van der Waals surface area contributed by atoms with Gasteiger partial charge in [-0.1, -0.05) is 23.7 Å². The van der Waals surface area contributed by atoms with Crippen molar-refractivity contribution in [3.63, 3.8) is 0 Å². The number of halogens is 1. The van der Waals surface area contributed by atoms with E-state index in [1.165, 1.54) is 0 Å². The molecule has 2 aliphatic rings. The summed E-state index contributed by atoms with van der Waals surface area (Å²) in [4.78, 5) is 16.9. The third-order valence-electron chi connectivity index (χ3n) is 6.00. The molecule has 34 heavy (non-hydrogen) atoms. The van der Waals surface area contributed by atoms with Crippen LogP contribution in [0.4, 0.5) is 5.69 Å². The van der Waals surface area contributed by atoms with E-state index in [4.69, 9.17) is 30.8 Å². The Morgan fingerprint density at radius 2 is 1.65 bits per heavy atom. The van der Waals surface area contributed by atoms with Crippen molar-refractivity contribution >= 4 is 23.2 Å². The fraction of sp³-hybridized carbons (Fsp3) is 0.111. The van der Waals surface area contributed by atoms with Gasteiger partial charge in [0.05, 0.1) is 24.2 Å². The maximum absolute atomic E-state index is 11.8. The number of carbonyl (C=O) groups excluding carboxylic acids is 1. The lowest BCUT2D eigenvalue weighted by Gasteiger charge is -2.24. The second-order valence-electron chi connectivity index (χ2n) is 8.09. The van der Waals surface area contributed by atoms with Crippen LogP contribution in [0.1, 0.15) is 5.56 Å². The van der Waals surface area contributed by atoms with E-state index in [0.717, 1.165) is 50.7 Å². The van der Waals surface area contributed by atoms with Gasteiger partial charge in [0.2, 0.25) is 0 Å². The van der Waals surface area contributed by atoms with E-state index in [-0.39, 0.29) is 12.5 Å². The van der Waals surface area contributed by atoms with Gasteiger partial charge in [-0.2, -0.15) is 0 Å². The number of pyridine rings is 1. The normalized spacial score (nSPS) is 13.5. The molecule has 3 heterocycles. The molecule has 2 aliphatic heterocycles. The van der Waals surface area contributed by atoms with Crippen LogP contribution in [0.3, 0.4) is 0 Å². The molecule has 0 saturated carbocycles. The Hall–Kier alpha value is -4.03. The molecule has 3 aromatic carbocycles. The number of methoxy groups -OCH3 is 1. The summed E-state index contributed by atoms with van der Waals surface area (Å²) in [6, 6.07) is 21.2. The molecule has 1 amide bonds. The lowest BCUT2D eigenvalue weighted by Crippen LogP contribution is -2.25. The second-order valence-corrected chi connectivity index (χ2v) is 8.52. The van der Waals surface area contributed by atoms with Gasteiger partial charge in [0.15, 0.2) is 6.61 Å². The van der Waals surface area contributed by atoms with Gasteiger partial charge in [-0.15, -0.1) is 0 Å². The molecular weight excluding hydrogens is 452 g/mol. The maximum Gasteiger partial charge on any atom is 0.262 e. The van der Waals surface area contributed by atoms with Crippen LogP contribution in [-0.4, -0.2) is 24.6 Å². The molecule has 0 saturated heterocycles. The van der Waals surface area contributed by atoms with Crippen LogP contribution in [-0.2, 0) is 11.4 Å². The summed E-state index contributed by atoms with van der Waals surface area (Å²) in [6.45, 7) is 0.412. The van der Waals surface area contributed by atoms with Gasteiger partial charge in [-0.05, 0) is 65.7 Å². The number of amides is 1. The fourth-order valence-corrected chi connectivity index (χ4v) is 4.49. The van der Waals surface area contributed by atoms with E-state index in [1.807, 2.05) is 66.7 Å². The summed E-state index contributed by atoms with van der Waals surface area (Å²) in [5, 5.41) is 3.48. The van der Waals surface area contributed by atoms with E-state index in [2.05, 4.69) is 5.32 Å². The van der Waals surface area contributed by atoms with Crippen LogP contribution < -0.4 is 19.5 Å². The highest BCUT2D eigenvalue weighted by molar-refractivity contribution is 6.31. The molecule has 1 N–H and O–H groups in total. The first-order chi connectivity index (χ1) is 16.6. The van der Waals surface area contributed by atoms with E-state index in [1.54, 1.807) is 7.11 Å².